The number of carbonyl (C=O) groups excluding carboxylic acids is 1. The molecule has 15 heteroatoms. The van der Waals surface area contributed by atoms with Crippen LogP contribution in [0, 0.1) is 17.7 Å². The van der Waals surface area contributed by atoms with Gasteiger partial charge in [-0.1, -0.05) is 24.4 Å². The van der Waals surface area contributed by atoms with Gasteiger partial charge in [0.15, 0.2) is 0 Å². The van der Waals surface area contributed by atoms with E-state index in [0.717, 1.165) is 50.8 Å². The Balaban J connectivity index is 0.000000454. The van der Waals surface area contributed by atoms with Gasteiger partial charge in [-0.25, -0.2) is 13.9 Å². The normalized spacial score (nSPS) is 22.6. The Kier molecular flexibility index (Phi) is 9.06. The lowest BCUT2D eigenvalue weighted by Crippen LogP contribution is -2.64. The lowest BCUT2D eigenvalue weighted by atomic mass is 9.86. The molecule has 3 fully saturated rings. The van der Waals surface area contributed by atoms with Gasteiger partial charge in [-0.15, -0.1) is 0 Å². The zero-order chi connectivity index (χ0) is 26.7. The summed E-state index contributed by atoms with van der Waals surface area (Å²) in [5.41, 5.74) is -0.427. The number of carbonyl (C=O) groups is 2. The van der Waals surface area contributed by atoms with Crippen LogP contribution in [0.2, 0.25) is 5.02 Å². The van der Waals surface area contributed by atoms with Crippen molar-refractivity contribution in [2.24, 2.45) is 11.8 Å². The monoisotopic (exact) mass is 559 g/mol. The van der Waals surface area contributed by atoms with E-state index < -0.39 is 39.6 Å². The highest BCUT2D eigenvalue weighted by molar-refractivity contribution is 7.87. The van der Waals surface area contributed by atoms with Gasteiger partial charge in [-0.2, -0.15) is 25.9 Å². The second kappa shape index (κ2) is 11.5. The zero-order valence-electron chi connectivity index (χ0n) is 19.0. The number of halogens is 5. The van der Waals surface area contributed by atoms with Crippen molar-refractivity contribution >= 4 is 33.7 Å². The van der Waals surface area contributed by atoms with E-state index in [-0.39, 0.29) is 16.8 Å². The maximum absolute atomic E-state index is 14.5. The molecule has 0 radical (unpaired) electrons. The molecule has 2 heterocycles. The minimum absolute atomic E-state index is 0.0754. The summed E-state index contributed by atoms with van der Waals surface area (Å²) in [6.07, 6.45) is 0.133. The predicted molar refractivity (Wildman–Crippen MR) is 120 cm³/mol. The lowest BCUT2D eigenvalue weighted by molar-refractivity contribution is -0.192. The molecule has 1 saturated carbocycles. The first-order valence-corrected chi connectivity index (χ1v) is 13.1. The molecule has 2 aliphatic heterocycles. The number of nitrogens with one attached hydrogen (secondary N) is 2. The van der Waals surface area contributed by atoms with Gasteiger partial charge < -0.3 is 15.2 Å². The van der Waals surface area contributed by atoms with E-state index >= 15 is 0 Å². The molecule has 2 saturated heterocycles. The standard InChI is InChI=1S/C19H25ClFN3O4S.C2HF3O2/c20-15-7-14(16(21)8-18(15)28-11-12-3-1-2-4-12)19(25)23-29(26,27)24-6-5-13-9-22-17(13)10-24;3-2(4,5)1(6)7/h7-8,12-13,17,22H,1-6,9-11H2,(H,23,25);(H,6,7)/t13-,17-;/m1./s1. The number of ether oxygens (including phenoxy) is 1. The fraction of sp³-hybridized carbons (Fsp3) is 0.619. The van der Waals surface area contributed by atoms with Crippen LogP contribution in [0.5, 0.6) is 5.75 Å². The number of piperidine rings is 1. The van der Waals surface area contributed by atoms with Crippen molar-refractivity contribution in [2.75, 3.05) is 26.2 Å². The maximum atomic E-state index is 14.5. The molecule has 0 spiro atoms. The number of alkyl halides is 3. The average Bonchev–Trinajstić information content (AvgIpc) is 3.28. The van der Waals surface area contributed by atoms with Gasteiger partial charge in [0.2, 0.25) is 0 Å². The topological polar surface area (TPSA) is 125 Å². The predicted octanol–water partition coefficient (Wildman–Crippen LogP) is 2.95. The summed E-state index contributed by atoms with van der Waals surface area (Å²) < 4.78 is 80.1. The number of amides is 1. The number of benzene rings is 1. The molecule has 0 aromatic heterocycles. The number of aliphatic carboxylic acids is 1. The molecule has 0 bridgehead atoms. The first-order chi connectivity index (χ1) is 16.8. The fourth-order valence-corrected chi connectivity index (χ4v) is 5.64. The number of hydrogen-bond acceptors (Lipinski definition) is 6. The molecule has 3 N–H and O–H groups in total. The molecule has 4 rings (SSSR count). The Hall–Kier alpha value is -2.16. The third-order valence-electron chi connectivity index (χ3n) is 6.38. The molecule has 1 amide bonds. The number of hydrogen-bond donors (Lipinski definition) is 3. The van der Waals surface area contributed by atoms with Crippen LogP contribution in [0.4, 0.5) is 17.6 Å². The Morgan fingerprint density at radius 1 is 1.22 bits per heavy atom. The molecular weight excluding hydrogens is 534 g/mol. The van der Waals surface area contributed by atoms with Crippen LogP contribution in [-0.4, -0.2) is 68.2 Å². The van der Waals surface area contributed by atoms with Crippen molar-refractivity contribution in [1.29, 1.82) is 0 Å². The van der Waals surface area contributed by atoms with Gasteiger partial charge in [0.05, 0.1) is 17.2 Å². The highest BCUT2D eigenvalue weighted by atomic mass is 35.5. The SMILES string of the molecule is O=C(NS(=O)(=O)N1CC[C@@H]2CN[C@@H]2C1)c1cc(Cl)c(OCC2CCCC2)cc1F.O=C(O)C(F)(F)F. The molecule has 0 unspecified atom stereocenters. The van der Waals surface area contributed by atoms with Crippen molar-refractivity contribution in [3.05, 3.63) is 28.5 Å². The molecule has 1 aromatic rings. The number of carboxylic acids is 1. The summed E-state index contributed by atoms with van der Waals surface area (Å²) in [6.45, 7) is 1.97. The van der Waals surface area contributed by atoms with Gasteiger partial charge in [-0.3, -0.25) is 4.79 Å². The third kappa shape index (κ3) is 7.20. The largest absolute Gasteiger partial charge is 0.492 e. The van der Waals surface area contributed by atoms with E-state index in [1.165, 1.54) is 4.31 Å². The van der Waals surface area contributed by atoms with E-state index in [4.69, 9.17) is 26.2 Å². The van der Waals surface area contributed by atoms with Crippen LogP contribution in [0.1, 0.15) is 42.5 Å². The molecule has 2 atom stereocenters. The molecule has 202 valence electrons. The summed E-state index contributed by atoms with van der Waals surface area (Å²) in [7, 11) is -4.06. The average molecular weight is 560 g/mol. The zero-order valence-corrected chi connectivity index (χ0v) is 20.6. The first-order valence-electron chi connectivity index (χ1n) is 11.3. The Bertz CT molecular complexity index is 1080. The number of rotatable bonds is 6. The molecule has 1 aliphatic carbocycles. The van der Waals surface area contributed by atoms with Gasteiger partial charge in [0.1, 0.15) is 11.6 Å². The second-order valence-electron chi connectivity index (χ2n) is 8.88. The molecule has 1 aromatic carbocycles. The highest BCUT2D eigenvalue weighted by Crippen LogP contribution is 2.31. The summed E-state index contributed by atoms with van der Waals surface area (Å²) in [5, 5.41) is 10.4. The summed E-state index contributed by atoms with van der Waals surface area (Å²) >= 11 is 6.15. The quantitative estimate of drug-likeness (QED) is 0.458. The van der Waals surface area contributed by atoms with Crippen LogP contribution in [-0.2, 0) is 15.0 Å². The summed E-state index contributed by atoms with van der Waals surface area (Å²) in [4.78, 5) is 21.3. The Labute approximate surface area is 210 Å². The maximum Gasteiger partial charge on any atom is 0.490 e. The highest BCUT2D eigenvalue weighted by Gasteiger charge is 2.40. The van der Waals surface area contributed by atoms with Crippen molar-refractivity contribution < 1.29 is 45.4 Å². The van der Waals surface area contributed by atoms with Crippen LogP contribution in [0.25, 0.3) is 0 Å². The van der Waals surface area contributed by atoms with Crippen LogP contribution in [0.3, 0.4) is 0 Å². The van der Waals surface area contributed by atoms with E-state index in [9.17, 15) is 30.8 Å². The van der Waals surface area contributed by atoms with E-state index in [1.807, 2.05) is 4.72 Å². The van der Waals surface area contributed by atoms with E-state index in [2.05, 4.69) is 5.32 Å². The summed E-state index contributed by atoms with van der Waals surface area (Å²) in [5.74, 6) is -3.61. The van der Waals surface area contributed by atoms with E-state index in [1.54, 1.807) is 0 Å². The Morgan fingerprint density at radius 3 is 2.39 bits per heavy atom. The van der Waals surface area contributed by atoms with Gasteiger partial charge in [0, 0.05) is 25.2 Å². The van der Waals surface area contributed by atoms with Crippen molar-refractivity contribution in [3.8, 4) is 5.75 Å². The lowest BCUT2D eigenvalue weighted by Gasteiger charge is -2.45. The van der Waals surface area contributed by atoms with Crippen LogP contribution in [0.15, 0.2) is 12.1 Å². The molecule has 3 aliphatic rings. The van der Waals surface area contributed by atoms with Gasteiger partial charge >= 0.3 is 22.4 Å². The van der Waals surface area contributed by atoms with Crippen LogP contribution < -0.4 is 14.8 Å². The van der Waals surface area contributed by atoms with Crippen molar-refractivity contribution in [3.63, 3.8) is 0 Å². The second-order valence-corrected chi connectivity index (χ2v) is 11.0. The minimum Gasteiger partial charge on any atom is -0.492 e. The van der Waals surface area contributed by atoms with E-state index in [0.29, 0.717) is 31.5 Å². The van der Waals surface area contributed by atoms with Crippen molar-refractivity contribution in [2.45, 2.75) is 44.3 Å². The van der Waals surface area contributed by atoms with Gasteiger partial charge in [-0.05, 0) is 43.7 Å². The number of carboxylic acid groups (broad SMARTS) is 1. The fourth-order valence-electron chi connectivity index (χ4n) is 4.24. The summed E-state index contributed by atoms with van der Waals surface area (Å²) in [6, 6.07) is 2.27. The number of nitrogens with zero attached hydrogens (tertiary/aromatic N) is 1. The molecular formula is C21H26ClF4N3O6S. The third-order valence-corrected chi connectivity index (χ3v) is 8.13. The van der Waals surface area contributed by atoms with Crippen molar-refractivity contribution in [1.82, 2.24) is 14.3 Å². The van der Waals surface area contributed by atoms with Gasteiger partial charge in [0.25, 0.3) is 5.91 Å². The smallest absolute Gasteiger partial charge is 0.490 e. The van der Waals surface area contributed by atoms with Crippen LogP contribution >= 0.6 is 11.6 Å². The first kappa shape index (κ1) is 28.4. The molecule has 36 heavy (non-hydrogen) atoms. The molecule has 9 nitrogen and oxygen atoms in total. The minimum atomic E-state index is -5.08. The number of fused-ring (bicyclic) bond motifs is 1. The Morgan fingerprint density at radius 2 is 1.86 bits per heavy atom.